The highest BCUT2D eigenvalue weighted by atomic mass is 16.3. The lowest BCUT2D eigenvalue weighted by molar-refractivity contribution is 0.475. The van der Waals surface area contributed by atoms with E-state index in [0.29, 0.717) is 11.5 Å². The first-order valence-corrected chi connectivity index (χ1v) is 6.68. The maximum absolute atomic E-state index is 8.63. The molecule has 2 nitrogen and oxygen atoms in total. The second-order valence-electron chi connectivity index (χ2n) is 3.38. The zero-order chi connectivity index (χ0) is 14.9. The molecule has 0 atom stereocenters. The van der Waals surface area contributed by atoms with Crippen molar-refractivity contribution in [2.45, 2.75) is 34.1 Å². The molecule has 0 aliphatic rings. The van der Waals surface area contributed by atoms with Crippen LogP contribution < -0.4 is 0 Å². The van der Waals surface area contributed by atoms with Crippen molar-refractivity contribution in [3.63, 3.8) is 0 Å². The Morgan fingerprint density at radius 3 is 0.947 bits per heavy atom. The third-order valence-electron chi connectivity index (χ3n) is 1.51. The smallest absolute Gasteiger partial charge is 0.115 e. The summed E-state index contributed by atoms with van der Waals surface area (Å²) in [5, 5.41) is 17.3. The van der Waals surface area contributed by atoms with Crippen LogP contribution >= 0.6 is 0 Å². The van der Waals surface area contributed by atoms with Gasteiger partial charge >= 0.3 is 0 Å². The average molecular weight is 262 g/mol. The standard InChI is InChI=1S/2C6H6O.C3H8.C2H6/c2*7-6-4-2-1-3-5-6;1-3-2;1-2/h2*1-5,7H;3H2,1-2H3;1-2H3. The molecule has 0 amide bonds. The maximum Gasteiger partial charge on any atom is 0.115 e. The first kappa shape index (κ1) is 19.4. The Morgan fingerprint density at radius 1 is 0.632 bits per heavy atom. The molecule has 0 aromatic heterocycles. The summed E-state index contributed by atoms with van der Waals surface area (Å²) in [4.78, 5) is 0. The van der Waals surface area contributed by atoms with Crippen molar-refractivity contribution in [3.05, 3.63) is 60.7 Å². The molecule has 0 heterocycles. The molecule has 0 saturated heterocycles. The lowest BCUT2D eigenvalue weighted by Gasteiger charge is -1.82. The number of aromatic hydroxyl groups is 2. The van der Waals surface area contributed by atoms with Gasteiger partial charge in [0.2, 0.25) is 0 Å². The van der Waals surface area contributed by atoms with Crippen molar-refractivity contribution in [2.75, 3.05) is 0 Å². The van der Waals surface area contributed by atoms with E-state index in [9.17, 15) is 0 Å². The summed E-state index contributed by atoms with van der Waals surface area (Å²) in [5.41, 5.74) is 0. The lowest BCUT2D eigenvalue weighted by atomic mass is 10.3. The van der Waals surface area contributed by atoms with Gasteiger partial charge in [-0.2, -0.15) is 0 Å². The van der Waals surface area contributed by atoms with Crippen LogP contribution in [0.3, 0.4) is 0 Å². The van der Waals surface area contributed by atoms with E-state index < -0.39 is 0 Å². The summed E-state index contributed by atoms with van der Waals surface area (Å²) >= 11 is 0. The van der Waals surface area contributed by atoms with Gasteiger partial charge < -0.3 is 10.2 Å². The minimum absolute atomic E-state index is 0.322. The van der Waals surface area contributed by atoms with E-state index in [-0.39, 0.29) is 0 Å². The highest BCUT2D eigenvalue weighted by Gasteiger charge is 1.75. The van der Waals surface area contributed by atoms with Crippen molar-refractivity contribution in [1.29, 1.82) is 0 Å². The van der Waals surface area contributed by atoms with Crippen LogP contribution in [0.1, 0.15) is 34.1 Å². The third kappa shape index (κ3) is 16.0. The number of para-hydroxylation sites is 2. The van der Waals surface area contributed by atoms with Gasteiger partial charge in [-0.1, -0.05) is 70.5 Å². The van der Waals surface area contributed by atoms with Crippen LogP contribution in [-0.4, -0.2) is 10.2 Å². The predicted octanol–water partition coefficient (Wildman–Crippen LogP) is 5.23. The van der Waals surface area contributed by atoms with E-state index >= 15 is 0 Å². The van der Waals surface area contributed by atoms with Crippen LogP contribution in [0.15, 0.2) is 60.7 Å². The second-order valence-corrected chi connectivity index (χ2v) is 3.38. The van der Waals surface area contributed by atoms with Crippen LogP contribution in [-0.2, 0) is 0 Å². The molecule has 2 N–H and O–H groups in total. The Morgan fingerprint density at radius 2 is 0.842 bits per heavy atom. The van der Waals surface area contributed by atoms with Crippen LogP contribution in [0, 0.1) is 0 Å². The number of hydrogen-bond acceptors (Lipinski definition) is 2. The largest absolute Gasteiger partial charge is 0.508 e. The number of hydrogen-bond donors (Lipinski definition) is 2. The molecule has 0 aliphatic heterocycles. The van der Waals surface area contributed by atoms with Crippen molar-refractivity contribution < 1.29 is 10.2 Å². The minimum Gasteiger partial charge on any atom is -0.508 e. The first-order valence-electron chi connectivity index (χ1n) is 6.68. The van der Waals surface area contributed by atoms with E-state index in [2.05, 4.69) is 13.8 Å². The summed E-state index contributed by atoms with van der Waals surface area (Å²) in [5.74, 6) is 0.644. The fraction of sp³-hybridized carbons (Fsp3) is 0.294. The molecule has 0 saturated carbocycles. The molecule has 0 fully saturated rings. The SMILES string of the molecule is CC.CCC.Oc1ccccc1.Oc1ccccc1. The number of phenols is 2. The van der Waals surface area contributed by atoms with Gasteiger partial charge in [0.15, 0.2) is 0 Å². The van der Waals surface area contributed by atoms with E-state index in [1.807, 2.05) is 26.0 Å². The second kappa shape index (κ2) is 16.0. The summed E-state index contributed by atoms with van der Waals surface area (Å²) in [6.45, 7) is 8.25. The van der Waals surface area contributed by atoms with Gasteiger partial charge in [0, 0.05) is 0 Å². The fourth-order valence-corrected chi connectivity index (χ4v) is 0.856. The summed E-state index contributed by atoms with van der Waals surface area (Å²) < 4.78 is 0. The molecule has 0 radical (unpaired) electrons. The van der Waals surface area contributed by atoms with Gasteiger partial charge in [0.25, 0.3) is 0 Å². The zero-order valence-electron chi connectivity index (χ0n) is 12.4. The number of rotatable bonds is 0. The molecule has 106 valence electrons. The Kier molecular flexibility index (Phi) is 16.4. The van der Waals surface area contributed by atoms with Crippen molar-refractivity contribution in [3.8, 4) is 11.5 Å². The molecule has 2 rings (SSSR count). The molecule has 2 aromatic carbocycles. The molecule has 0 spiro atoms. The normalized spacial score (nSPS) is 7.58. The van der Waals surface area contributed by atoms with E-state index in [1.54, 1.807) is 48.5 Å². The maximum atomic E-state index is 8.63. The molecule has 0 bridgehead atoms. The summed E-state index contributed by atoms with van der Waals surface area (Å²) in [6.07, 6.45) is 1.25. The highest BCUT2D eigenvalue weighted by Crippen LogP contribution is 2.03. The van der Waals surface area contributed by atoms with E-state index in [1.165, 1.54) is 6.42 Å². The summed E-state index contributed by atoms with van der Waals surface area (Å²) in [7, 11) is 0. The molecule has 0 aliphatic carbocycles. The van der Waals surface area contributed by atoms with Crippen molar-refractivity contribution in [1.82, 2.24) is 0 Å². The molecule has 2 heteroatoms. The van der Waals surface area contributed by atoms with Gasteiger partial charge in [0.05, 0.1) is 0 Å². The van der Waals surface area contributed by atoms with Crippen LogP contribution in [0.25, 0.3) is 0 Å². The first-order chi connectivity index (χ1) is 9.20. The fourth-order valence-electron chi connectivity index (χ4n) is 0.856. The zero-order valence-corrected chi connectivity index (χ0v) is 12.4. The van der Waals surface area contributed by atoms with Crippen LogP contribution in [0.4, 0.5) is 0 Å². The van der Waals surface area contributed by atoms with Gasteiger partial charge in [-0.3, -0.25) is 0 Å². The van der Waals surface area contributed by atoms with Crippen LogP contribution in [0.5, 0.6) is 11.5 Å². The summed E-state index contributed by atoms with van der Waals surface area (Å²) in [6, 6.07) is 17.4. The Hall–Kier alpha value is -1.96. The molecule has 19 heavy (non-hydrogen) atoms. The molecular weight excluding hydrogens is 236 g/mol. The Bertz CT molecular complexity index is 320. The van der Waals surface area contributed by atoms with Gasteiger partial charge in [-0.05, 0) is 24.3 Å². The number of benzene rings is 2. The topological polar surface area (TPSA) is 40.5 Å². The van der Waals surface area contributed by atoms with E-state index in [0.717, 1.165) is 0 Å². The highest BCUT2D eigenvalue weighted by molar-refractivity contribution is 5.19. The minimum atomic E-state index is 0.322. The van der Waals surface area contributed by atoms with E-state index in [4.69, 9.17) is 10.2 Å². The quantitative estimate of drug-likeness (QED) is 0.682. The van der Waals surface area contributed by atoms with Gasteiger partial charge in [-0.15, -0.1) is 0 Å². The Labute approximate surface area is 117 Å². The molecule has 0 unspecified atom stereocenters. The average Bonchev–Trinajstić information content (AvgIpc) is 2.44. The Balaban J connectivity index is 0. The predicted molar refractivity (Wildman–Crippen MR) is 83.5 cm³/mol. The monoisotopic (exact) mass is 262 g/mol. The van der Waals surface area contributed by atoms with Crippen molar-refractivity contribution in [2.24, 2.45) is 0 Å². The van der Waals surface area contributed by atoms with Crippen molar-refractivity contribution >= 4 is 0 Å². The van der Waals surface area contributed by atoms with Crippen LogP contribution in [0.2, 0.25) is 0 Å². The number of phenolic OH excluding ortho intramolecular Hbond substituents is 2. The van der Waals surface area contributed by atoms with Gasteiger partial charge in [0.1, 0.15) is 11.5 Å². The lowest BCUT2D eigenvalue weighted by Crippen LogP contribution is -1.56. The van der Waals surface area contributed by atoms with Gasteiger partial charge in [-0.25, -0.2) is 0 Å². The molecular formula is C17H26O2. The third-order valence-corrected chi connectivity index (χ3v) is 1.51. The molecule has 2 aromatic rings.